The van der Waals surface area contributed by atoms with Crippen molar-refractivity contribution in [1.82, 2.24) is 14.8 Å². The number of nitrogens with zero attached hydrogens (tertiary/aromatic N) is 3. The molecule has 1 unspecified atom stereocenters. The van der Waals surface area contributed by atoms with Gasteiger partial charge in [-0.1, -0.05) is 42.1 Å². The molecule has 2 aromatic carbocycles. The molecule has 0 spiro atoms. The fourth-order valence-corrected chi connectivity index (χ4v) is 3.54. The molecule has 3 rings (SSSR count). The van der Waals surface area contributed by atoms with Gasteiger partial charge in [-0.3, -0.25) is 19.5 Å². The standard InChI is InChI=1S/C19H18FN5O4S/c1-12(17(26)21-14-7-8-15(20)16(11-14)25(28)29)30-19-23-22-18(27)24(19)10-9-13-5-3-2-4-6-13/h2-8,11-12H,9-10H2,1H3,(H,21,26)(H,22,27). The van der Waals surface area contributed by atoms with Crippen molar-refractivity contribution < 1.29 is 14.1 Å². The maximum absolute atomic E-state index is 13.4. The maximum Gasteiger partial charge on any atom is 0.343 e. The largest absolute Gasteiger partial charge is 0.343 e. The van der Waals surface area contributed by atoms with Crippen LogP contribution in [0.1, 0.15) is 12.5 Å². The minimum absolute atomic E-state index is 0.101. The van der Waals surface area contributed by atoms with Crippen LogP contribution in [0, 0.1) is 15.9 Å². The molecule has 0 saturated carbocycles. The van der Waals surface area contributed by atoms with Gasteiger partial charge in [-0.2, -0.15) is 4.39 Å². The van der Waals surface area contributed by atoms with E-state index in [1.54, 1.807) is 6.92 Å². The average molecular weight is 431 g/mol. The number of benzene rings is 2. The van der Waals surface area contributed by atoms with Crippen LogP contribution in [0.15, 0.2) is 58.5 Å². The minimum atomic E-state index is -0.987. The average Bonchev–Trinajstić information content (AvgIpc) is 3.07. The number of nitro benzene ring substituents is 1. The molecule has 30 heavy (non-hydrogen) atoms. The van der Waals surface area contributed by atoms with E-state index in [0.717, 1.165) is 29.5 Å². The summed E-state index contributed by atoms with van der Waals surface area (Å²) in [6.45, 7) is 2.00. The van der Waals surface area contributed by atoms with Gasteiger partial charge in [-0.05, 0) is 31.0 Å². The number of nitrogens with one attached hydrogen (secondary N) is 2. The fourth-order valence-electron chi connectivity index (χ4n) is 2.66. The van der Waals surface area contributed by atoms with E-state index in [1.165, 1.54) is 10.6 Å². The lowest BCUT2D eigenvalue weighted by Gasteiger charge is -2.12. The molecule has 156 valence electrons. The summed E-state index contributed by atoms with van der Waals surface area (Å²) in [4.78, 5) is 34.5. The van der Waals surface area contributed by atoms with E-state index in [4.69, 9.17) is 0 Å². The highest BCUT2D eigenvalue weighted by Crippen LogP contribution is 2.24. The molecular formula is C19H18FN5O4S. The normalized spacial score (nSPS) is 11.8. The molecular weight excluding hydrogens is 413 g/mol. The number of hydrogen-bond donors (Lipinski definition) is 2. The number of anilines is 1. The lowest BCUT2D eigenvalue weighted by Crippen LogP contribution is -2.24. The third-order valence-corrected chi connectivity index (χ3v) is 5.34. The number of amides is 1. The Hall–Kier alpha value is -3.47. The molecule has 2 N–H and O–H groups in total. The Bertz CT molecular complexity index is 1120. The van der Waals surface area contributed by atoms with Gasteiger partial charge in [0.05, 0.1) is 10.2 Å². The van der Waals surface area contributed by atoms with E-state index < -0.39 is 27.6 Å². The van der Waals surface area contributed by atoms with Crippen LogP contribution in [0.2, 0.25) is 0 Å². The molecule has 1 amide bonds. The lowest BCUT2D eigenvalue weighted by atomic mass is 10.1. The number of hydrogen-bond acceptors (Lipinski definition) is 6. The zero-order valence-corrected chi connectivity index (χ0v) is 16.7. The number of H-pyrrole nitrogens is 1. The molecule has 0 radical (unpaired) electrons. The Balaban J connectivity index is 1.66. The van der Waals surface area contributed by atoms with Crippen LogP contribution >= 0.6 is 11.8 Å². The highest BCUT2D eigenvalue weighted by atomic mass is 32.2. The number of aryl methyl sites for hydroxylation is 1. The second-order valence-corrected chi connectivity index (χ2v) is 7.68. The predicted octanol–water partition coefficient (Wildman–Crippen LogP) is 2.98. The Kier molecular flexibility index (Phi) is 6.62. The van der Waals surface area contributed by atoms with Gasteiger partial charge in [-0.15, -0.1) is 5.10 Å². The number of carbonyl (C=O) groups excluding carboxylic acids is 1. The zero-order chi connectivity index (χ0) is 21.7. The van der Waals surface area contributed by atoms with E-state index in [0.29, 0.717) is 18.1 Å². The van der Waals surface area contributed by atoms with Crippen molar-refractivity contribution in [2.75, 3.05) is 5.32 Å². The highest BCUT2D eigenvalue weighted by Gasteiger charge is 2.21. The molecule has 0 aliphatic heterocycles. The third-order valence-electron chi connectivity index (χ3n) is 4.25. The zero-order valence-electron chi connectivity index (χ0n) is 15.9. The summed E-state index contributed by atoms with van der Waals surface area (Å²) in [5.41, 5.74) is 0.0552. The smallest absolute Gasteiger partial charge is 0.325 e. The molecule has 1 aromatic heterocycles. The van der Waals surface area contributed by atoms with Crippen molar-refractivity contribution in [3.8, 4) is 0 Å². The minimum Gasteiger partial charge on any atom is -0.325 e. The molecule has 1 atom stereocenters. The lowest BCUT2D eigenvalue weighted by molar-refractivity contribution is -0.387. The molecule has 11 heteroatoms. The number of thioether (sulfide) groups is 1. The van der Waals surface area contributed by atoms with E-state index in [-0.39, 0.29) is 11.4 Å². The van der Waals surface area contributed by atoms with Crippen LogP contribution in [0.25, 0.3) is 0 Å². The third kappa shape index (κ3) is 5.11. The summed E-state index contributed by atoms with van der Waals surface area (Å²) in [7, 11) is 0. The fraction of sp³-hybridized carbons (Fsp3) is 0.211. The Morgan fingerprint density at radius 1 is 1.33 bits per heavy atom. The number of nitro groups is 1. The first kappa shape index (κ1) is 21.2. The first-order valence-corrected chi connectivity index (χ1v) is 9.83. The van der Waals surface area contributed by atoms with Gasteiger partial charge >= 0.3 is 11.4 Å². The van der Waals surface area contributed by atoms with E-state index in [1.807, 2.05) is 30.3 Å². The van der Waals surface area contributed by atoms with Crippen LogP contribution in [0.4, 0.5) is 15.8 Å². The second kappa shape index (κ2) is 9.35. The van der Waals surface area contributed by atoms with Crippen LogP contribution in [0.3, 0.4) is 0 Å². The van der Waals surface area contributed by atoms with Crippen molar-refractivity contribution >= 4 is 29.0 Å². The number of aromatic nitrogens is 3. The summed E-state index contributed by atoms with van der Waals surface area (Å²) in [6.07, 6.45) is 0.619. The SMILES string of the molecule is CC(Sc1n[nH]c(=O)n1CCc1ccccc1)C(=O)Nc1ccc(F)c([N+](=O)[O-])c1. The van der Waals surface area contributed by atoms with Crippen molar-refractivity contribution in [2.24, 2.45) is 0 Å². The first-order valence-electron chi connectivity index (χ1n) is 8.95. The van der Waals surface area contributed by atoms with E-state index >= 15 is 0 Å². The summed E-state index contributed by atoms with van der Waals surface area (Å²) in [5.74, 6) is -1.45. The Labute approximate surface area is 174 Å². The van der Waals surface area contributed by atoms with Crippen LogP contribution < -0.4 is 11.0 Å². The monoisotopic (exact) mass is 431 g/mol. The predicted molar refractivity (Wildman–Crippen MR) is 110 cm³/mol. The number of halogens is 1. The second-order valence-electron chi connectivity index (χ2n) is 6.37. The number of rotatable bonds is 8. The van der Waals surface area contributed by atoms with Crippen molar-refractivity contribution in [1.29, 1.82) is 0 Å². The highest BCUT2D eigenvalue weighted by molar-refractivity contribution is 8.00. The summed E-state index contributed by atoms with van der Waals surface area (Å²) in [6, 6.07) is 12.7. The van der Waals surface area contributed by atoms with Crippen molar-refractivity contribution in [2.45, 2.75) is 30.3 Å². The van der Waals surface area contributed by atoms with Gasteiger partial charge in [0.2, 0.25) is 11.7 Å². The van der Waals surface area contributed by atoms with Gasteiger partial charge in [0.1, 0.15) is 0 Å². The number of carbonyl (C=O) groups is 1. The van der Waals surface area contributed by atoms with Gasteiger partial charge in [0.15, 0.2) is 5.16 Å². The van der Waals surface area contributed by atoms with Gasteiger partial charge in [0, 0.05) is 18.3 Å². The summed E-state index contributed by atoms with van der Waals surface area (Å²) >= 11 is 1.07. The Morgan fingerprint density at radius 2 is 2.07 bits per heavy atom. The van der Waals surface area contributed by atoms with E-state index in [2.05, 4.69) is 15.5 Å². The number of aromatic amines is 1. The molecule has 0 aliphatic carbocycles. The van der Waals surface area contributed by atoms with Crippen molar-refractivity contribution in [3.05, 3.63) is 80.5 Å². The summed E-state index contributed by atoms with van der Waals surface area (Å²) in [5, 5.41) is 19.4. The first-order chi connectivity index (χ1) is 14.3. The van der Waals surface area contributed by atoms with Crippen molar-refractivity contribution in [3.63, 3.8) is 0 Å². The quantitative estimate of drug-likeness (QED) is 0.321. The molecule has 0 fully saturated rings. The maximum atomic E-state index is 13.4. The molecule has 0 saturated heterocycles. The van der Waals surface area contributed by atoms with E-state index in [9.17, 15) is 24.1 Å². The van der Waals surface area contributed by atoms with Gasteiger partial charge < -0.3 is 5.32 Å². The molecule has 0 bridgehead atoms. The molecule has 3 aromatic rings. The molecule has 0 aliphatic rings. The molecule has 1 heterocycles. The molecule has 9 nitrogen and oxygen atoms in total. The Morgan fingerprint density at radius 3 is 2.77 bits per heavy atom. The summed E-state index contributed by atoms with van der Waals surface area (Å²) < 4.78 is 14.9. The topological polar surface area (TPSA) is 123 Å². The van der Waals surface area contributed by atoms with Crippen LogP contribution in [0.5, 0.6) is 0 Å². The van der Waals surface area contributed by atoms with Gasteiger partial charge in [0.25, 0.3) is 0 Å². The van der Waals surface area contributed by atoms with Gasteiger partial charge in [-0.25, -0.2) is 9.89 Å². The van der Waals surface area contributed by atoms with Crippen LogP contribution in [-0.2, 0) is 17.8 Å². The van der Waals surface area contributed by atoms with Crippen LogP contribution in [-0.4, -0.2) is 30.8 Å².